The molecule has 0 amide bonds. The Bertz CT molecular complexity index is 355. The van der Waals surface area contributed by atoms with E-state index in [1.807, 2.05) is 0 Å². The van der Waals surface area contributed by atoms with Crippen LogP contribution in [0.2, 0.25) is 0 Å². The monoisotopic (exact) mass is 282 g/mol. The van der Waals surface area contributed by atoms with Crippen molar-refractivity contribution in [1.82, 2.24) is 0 Å². The van der Waals surface area contributed by atoms with E-state index in [0.717, 1.165) is 6.42 Å². The molecule has 2 rings (SSSR count). The molecule has 0 aliphatic heterocycles. The predicted molar refractivity (Wildman–Crippen MR) is 83.4 cm³/mol. The minimum absolute atomic E-state index is 0.137. The van der Waals surface area contributed by atoms with Gasteiger partial charge in [-0.1, -0.05) is 48.0 Å². The second kappa shape index (κ2) is 5.28. The van der Waals surface area contributed by atoms with E-state index in [1.165, 1.54) is 19.3 Å². The summed E-state index contributed by atoms with van der Waals surface area (Å²) in [7, 11) is 0. The predicted octanol–water partition coefficient (Wildman–Crippen LogP) is 3.85. The van der Waals surface area contributed by atoms with Gasteiger partial charge in [-0.05, 0) is 48.3 Å². The Hall–Kier alpha value is -0.0800. The molecule has 0 saturated heterocycles. The molecule has 20 heavy (non-hydrogen) atoms. The molecule has 0 aromatic rings. The number of aliphatic hydroxyl groups is 2. The Morgan fingerprint density at radius 3 is 2.30 bits per heavy atom. The fraction of sp³-hybridized carbons (Fsp3) is 1.00. The summed E-state index contributed by atoms with van der Waals surface area (Å²) in [6.45, 7) is 13.7. The van der Waals surface area contributed by atoms with Crippen molar-refractivity contribution in [2.45, 2.75) is 79.4 Å². The van der Waals surface area contributed by atoms with Crippen LogP contribution in [0.15, 0.2) is 0 Å². The maximum Gasteiger partial charge on any atom is 0.0862 e. The Morgan fingerprint density at radius 1 is 1.15 bits per heavy atom. The van der Waals surface area contributed by atoms with Crippen molar-refractivity contribution in [3.05, 3.63) is 0 Å². The van der Waals surface area contributed by atoms with Gasteiger partial charge in [0.1, 0.15) is 0 Å². The first kappa shape index (κ1) is 16.3. The van der Waals surface area contributed by atoms with E-state index in [9.17, 15) is 10.2 Å². The van der Waals surface area contributed by atoms with Crippen molar-refractivity contribution in [2.24, 2.45) is 34.5 Å². The van der Waals surface area contributed by atoms with Crippen molar-refractivity contribution in [2.75, 3.05) is 0 Å². The van der Waals surface area contributed by atoms with Crippen LogP contribution in [0.25, 0.3) is 0 Å². The molecule has 2 saturated carbocycles. The van der Waals surface area contributed by atoms with Gasteiger partial charge in [-0.15, -0.1) is 0 Å². The second-order valence-corrected chi connectivity index (χ2v) is 8.29. The molecule has 2 heteroatoms. The van der Waals surface area contributed by atoms with Gasteiger partial charge >= 0.3 is 0 Å². The third-order valence-electron chi connectivity index (χ3n) is 7.58. The fourth-order valence-electron chi connectivity index (χ4n) is 5.66. The lowest BCUT2D eigenvalue weighted by molar-refractivity contribution is -0.236. The Balaban J connectivity index is 2.47. The minimum atomic E-state index is -0.585. The van der Waals surface area contributed by atoms with E-state index in [1.54, 1.807) is 0 Å². The van der Waals surface area contributed by atoms with Crippen LogP contribution in [0.4, 0.5) is 0 Å². The van der Waals surface area contributed by atoms with E-state index in [4.69, 9.17) is 0 Å². The fourth-order valence-corrected chi connectivity index (χ4v) is 5.66. The lowest BCUT2D eigenvalue weighted by Gasteiger charge is -2.65. The standard InChI is InChI=1S/C18H34O2/c1-7-11(2)14-9-8-13(4)18(6)16(20)15(19)12(3)10-17(14,18)5/h11-16,19-20H,7-10H2,1-6H3. The van der Waals surface area contributed by atoms with Crippen LogP contribution in [0.1, 0.15) is 67.2 Å². The van der Waals surface area contributed by atoms with Crippen molar-refractivity contribution >= 4 is 0 Å². The van der Waals surface area contributed by atoms with Gasteiger partial charge in [-0.3, -0.25) is 0 Å². The van der Waals surface area contributed by atoms with Crippen LogP contribution < -0.4 is 0 Å². The molecule has 2 aliphatic rings. The van der Waals surface area contributed by atoms with Crippen LogP contribution in [0.3, 0.4) is 0 Å². The highest BCUT2D eigenvalue weighted by atomic mass is 16.3. The summed E-state index contributed by atoms with van der Waals surface area (Å²) in [5, 5.41) is 21.3. The lowest BCUT2D eigenvalue weighted by atomic mass is 9.40. The van der Waals surface area contributed by atoms with Crippen LogP contribution in [0, 0.1) is 34.5 Å². The molecule has 2 fully saturated rings. The van der Waals surface area contributed by atoms with Gasteiger partial charge in [0.25, 0.3) is 0 Å². The molecule has 0 heterocycles. The lowest BCUT2D eigenvalue weighted by Crippen LogP contribution is -2.65. The Morgan fingerprint density at radius 2 is 1.75 bits per heavy atom. The third-order valence-corrected chi connectivity index (χ3v) is 7.58. The summed E-state index contributed by atoms with van der Waals surface area (Å²) >= 11 is 0. The maximum absolute atomic E-state index is 10.9. The molecule has 2 nitrogen and oxygen atoms in total. The molecule has 0 spiro atoms. The largest absolute Gasteiger partial charge is 0.390 e. The van der Waals surface area contributed by atoms with E-state index >= 15 is 0 Å². The molecule has 0 aromatic heterocycles. The van der Waals surface area contributed by atoms with Gasteiger partial charge in [0.15, 0.2) is 0 Å². The zero-order valence-corrected chi connectivity index (χ0v) is 14.2. The minimum Gasteiger partial charge on any atom is -0.390 e. The molecular weight excluding hydrogens is 248 g/mol. The summed E-state index contributed by atoms with van der Waals surface area (Å²) < 4.78 is 0. The zero-order valence-electron chi connectivity index (χ0n) is 14.2. The summed E-state index contributed by atoms with van der Waals surface area (Å²) in [5.74, 6) is 2.03. The number of aliphatic hydroxyl groups excluding tert-OH is 2. The maximum atomic E-state index is 10.9. The molecule has 8 atom stereocenters. The first-order valence-corrected chi connectivity index (χ1v) is 8.56. The first-order valence-electron chi connectivity index (χ1n) is 8.56. The van der Waals surface area contributed by atoms with Gasteiger partial charge in [0.05, 0.1) is 12.2 Å². The van der Waals surface area contributed by atoms with Gasteiger partial charge < -0.3 is 10.2 Å². The second-order valence-electron chi connectivity index (χ2n) is 8.29. The number of hydrogen-bond donors (Lipinski definition) is 2. The van der Waals surface area contributed by atoms with Gasteiger partial charge in [-0.2, -0.15) is 0 Å². The van der Waals surface area contributed by atoms with Crippen molar-refractivity contribution in [1.29, 1.82) is 0 Å². The van der Waals surface area contributed by atoms with Crippen molar-refractivity contribution in [3.8, 4) is 0 Å². The highest BCUT2D eigenvalue weighted by Crippen LogP contribution is 2.65. The van der Waals surface area contributed by atoms with Gasteiger partial charge in [0.2, 0.25) is 0 Å². The number of hydrogen-bond acceptors (Lipinski definition) is 2. The van der Waals surface area contributed by atoms with Crippen LogP contribution in [-0.4, -0.2) is 22.4 Å². The normalized spacial score (nSPS) is 54.3. The topological polar surface area (TPSA) is 40.5 Å². The van der Waals surface area contributed by atoms with Gasteiger partial charge in [-0.25, -0.2) is 0 Å². The quantitative estimate of drug-likeness (QED) is 0.807. The van der Waals surface area contributed by atoms with Gasteiger partial charge in [0, 0.05) is 5.41 Å². The van der Waals surface area contributed by atoms with Crippen LogP contribution >= 0.6 is 0 Å². The molecule has 8 unspecified atom stereocenters. The first-order chi connectivity index (χ1) is 9.20. The Kier molecular flexibility index (Phi) is 4.30. The summed E-state index contributed by atoms with van der Waals surface area (Å²) in [6.07, 6.45) is 3.56. The van der Waals surface area contributed by atoms with E-state index in [2.05, 4.69) is 41.5 Å². The van der Waals surface area contributed by atoms with Crippen molar-refractivity contribution < 1.29 is 10.2 Å². The summed E-state index contributed by atoms with van der Waals surface area (Å²) in [5.41, 5.74) is -0.0244. The summed E-state index contributed by atoms with van der Waals surface area (Å²) in [4.78, 5) is 0. The molecular formula is C18H34O2. The van der Waals surface area contributed by atoms with E-state index in [-0.39, 0.29) is 16.7 Å². The molecule has 2 N–H and O–H groups in total. The van der Waals surface area contributed by atoms with E-state index < -0.39 is 12.2 Å². The molecule has 0 aromatic carbocycles. The number of fused-ring (bicyclic) bond motifs is 1. The molecule has 2 aliphatic carbocycles. The summed E-state index contributed by atoms with van der Waals surface area (Å²) in [6, 6.07) is 0. The zero-order chi connectivity index (χ0) is 15.3. The average molecular weight is 282 g/mol. The van der Waals surface area contributed by atoms with Crippen LogP contribution in [0.5, 0.6) is 0 Å². The molecule has 118 valence electrons. The number of rotatable bonds is 2. The molecule has 0 bridgehead atoms. The highest BCUT2D eigenvalue weighted by molar-refractivity contribution is 5.12. The smallest absolute Gasteiger partial charge is 0.0862 e. The van der Waals surface area contributed by atoms with Crippen LogP contribution in [-0.2, 0) is 0 Å². The molecule has 0 radical (unpaired) electrons. The SMILES string of the molecule is CCC(C)C1CCC(C)C2(C)C(O)C(O)C(C)CC12C. The average Bonchev–Trinajstić information content (AvgIpc) is 2.41. The Labute approximate surface area is 125 Å². The highest BCUT2D eigenvalue weighted by Gasteiger charge is 2.63. The van der Waals surface area contributed by atoms with E-state index in [0.29, 0.717) is 17.8 Å². The van der Waals surface area contributed by atoms with Crippen molar-refractivity contribution in [3.63, 3.8) is 0 Å². The third kappa shape index (κ3) is 1.98.